The average molecular weight is 325 g/mol. The number of likely N-dealkylation sites (N-methyl/N-ethyl adjacent to an activating group) is 1. The topological polar surface area (TPSA) is 61.4 Å². The van der Waals surface area contributed by atoms with E-state index in [2.05, 4.69) is 21.6 Å². The van der Waals surface area contributed by atoms with E-state index in [4.69, 9.17) is 0 Å². The maximum atomic E-state index is 12.4. The molecule has 24 heavy (non-hydrogen) atoms. The molecule has 1 aliphatic rings. The number of likely N-dealkylation sites (tertiary alicyclic amines) is 1. The summed E-state index contributed by atoms with van der Waals surface area (Å²) < 4.78 is 0. The first-order valence-electron chi connectivity index (χ1n) is 8.24. The molecule has 2 N–H and O–H groups in total. The van der Waals surface area contributed by atoms with Crippen molar-refractivity contribution in [2.75, 3.05) is 27.2 Å². The molecule has 2 aromatic carbocycles. The van der Waals surface area contributed by atoms with Gasteiger partial charge in [-0.1, -0.05) is 42.5 Å². The van der Waals surface area contributed by atoms with Crippen LogP contribution in [0, 0.1) is 5.92 Å². The van der Waals surface area contributed by atoms with Gasteiger partial charge in [0.05, 0.1) is 18.4 Å². The largest absolute Gasteiger partial charge is 0.359 e. The van der Waals surface area contributed by atoms with E-state index in [1.165, 1.54) is 5.39 Å². The van der Waals surface area contributed by atoms with Crippen molar-refractivity contribution in [3.63, 3.8) is 0 Å². The highest BCUT2D eigenvalue weighted by atomic mass is 16.2. The molecule has 0 aliphatic carbocycles. The number of amides is 2. The molecule has 5 heteroatoms. The fraction of sp³-hybridized carbons (Fsp3) is 0.368. The molecular weight excluding hydrogens is 302 g/mol. The number of carbonyl (C=O) groups excluding carboxylic acids is 2. The maximum Gasteiger partial charge on any atom is 0.226 e. The van der Waals surface area contributed by atoms with E-state index in [9.17, 15) is 9.59 Å². The summed E-state index contributed by atoms with van der Waals surface area (Å²) in [6.45, 7) is 1.36. The van der Waals surface area contributed by atoms with Gasteiger partial charge in [-0.3, -0.25) is 9.59 Å². The Balaban J connectivity index is 1.66. The van der Waals surface area contributed by atoms with E-state index in [1.54, 1.807) is 7.05 Å². The summed E-state index contributed by atoms with van der Waals surface area (Å²) in [5, 5.41) is 8.01. The fourth-order valence-electron chi connectivity index (χ4n) is 3.39. The minimum Gasteiger partial charge on any atom is -0.359 e. The Morgan fingerprint density at radius 1 is 1.12 bits per heavy atom. The average Bonchev–Trinajstić information content (AvgIpc) is 2.94. The maximum absolute atomic E-state index is 12.4. The summed E-state index contributed by atoms with van der Waals surface area (Å²) >= 11 is 0. The van der Waals surface area contributed by atoms with Crippen LogP contribution in [0.5, 0.6) is 0 Å². The first-order chi connectivity index (χ1) is 11.6. The lowest BCUT2D eigenvalue weighted by Crippen LogP contribution is -2.46. The van der Waals surface area contributed by atoms with Crippen molar-refractivity contribution in [1.82, 2.24) is 15.5 Å². The molecule has 0 bridgehead atoms. The van der Waals surface area contributed by atoms with E-state index >= 15 is 0 Å². The van der Waals surface area contributed by atoms with Gasteiger partial charge in [0.2, 0.25) is 11.8 Å². The molecule has 0 spiro atoms. The predicted molar refractivity (Wildman–Crippen MR) is 94.6 cm³/mol. The van der Waals surface area contributed by atoms with Gasteiger partial charge in [-0.05, 0) is 23.4 Å². The molecule has 1 aliphatic heterocycles. The van der Waals surface area contributed by atoms with E-state index in [-0.39, 0.29) is 23.8 Å². The normalized spacial score (nSPS) is 20.9. The number of hydrogen-bond acceptors (Lipinski definition) is 3. The van der Waals surface area contributed by atoms with Gasteiger partial charge in [0.25, 0.3) is 0 Å². The zero-order valence-corrected chi connectivity index (χ0v) is 14.1. The lowest BCUT2D eigenvalue weighted by atomic mass is 10.0. The third-order valence-electron chi connectivity index (χ3n) is 4.61. The molecule has 1 heterocycles. The van der Waals surface area contributed by atoms with Gasteiger partial charge in [0.1, 0.15) is 0 Å². The second-order valence-electron chi connectivity index (χ2n) is 6.47. The Labute approximate surface area is 142 Å². The first kappa shape index (κ1) is 16.5. The highest BCUT2D eigenvalue weighted by Crippen LogP contribution is 2.18. The fourth-order valence-corrected chi connectivity index (χ4v) is 3.39. The molecular formula is C19H23N3O2. The molecule has 1 saturated heterocycles. The molecule has 0 unspecified atom stereocenters. The number of benzene rings is 2. The minimum atomic E-state index is -0.194. The molecule has 3 rings (SSSR count). The Hall–Kier alpha value is -2.40. The molecule has 0 saturated carbocycles. The minimum absolute atomic E-state index is 0.0182. The van der Waals surface area contributed by atoms with Crippen molar-refractivity contribution in [2.24, 2.45) is 5.92 Å². The van der Waals surface area contributed by atoms with Crippen molar-refractivity contribution >= 4 is 22.6 Å². The van der Waals surface area contributed by atoms with Gasteiger partial charge in [-0.25, -0.2) is 0 Å². The van der Waals surface area contributed by atoms with Crippen LogP contribution in [0.1, 0.15) is 5.56 Å². The summed E-state index contributed by atoms with van der Waals surface area (Å²) in [7, 11) is 3.60. The van der Waals surface area contributed by atoms with E-state index in [1.807, 2.05) is 43.4 Å². The van der Waals surface area contributed by atoms with Crippen LogP contribution in [-0.2, 0) is 16.0 Å². The van der Waals surface area contributed by atoms with Crippen LogP contribution in [-0.4, -0.2) is 49.9 Å². The summed E-state index contributed by atoms with van der Waals surface area (Å²) in [5.41, 5.74) is 0.981. The zero-order chi connectivity index (χ0) is 17.1. The number of nitrogens with one attached hydrogen (secondary N) is 2. The van der Waals surface area contributed by atoms with E-state index < -0.39 is 0 Å². The van der Waals surface area contributed by atoms with Crippen LogP contribution in [0.3, 0.4) is 0 Å². The van der Waals surface area contributed by atoms with Gasteiger partial charge in [-0.15, -0.1) is 0 Å². The van der Waals surface area contributed by atoms with Gasteiger partial charge < -0.3 is 15.5 Å². The summed E-state index contributed by atoms with van der Waals surface area (Å²) in [4.78, 5) is 26.4. The van der Waals surface area contributed by atoms with E-state index in [0.717, 1.165) is 10.9 Å². The summed E-state index contributed by atoms with van der Waals surface area (Å²) in [6, 6.07) is 14.0. The van der Waals surface area contributed by atoms with Gasteiger partial charge in [0, 0.05) is 20.1 Å². The van der Waals surface area contributed by atoms with Crippen molar-refractivity contribution in [3.05, 3.63) is 48.0 Å². The SMILES string of the molecule is CNC(=O)[C@@H]1CN(C)C[C@@H]1NC(=O)Cc1ccc2ccccc2c1. The highest BCUT2D eigenvalue weighted by Gasteiger charge is 2.36. The van der Waals surface area contributed by atoms with Crippen LogP contribution >= 0.6 is 0 Å². The van der Waals surface area contributed by atoms with E-state index in [0.29, 0.717) is 19.5 Å². The van der Waals surface area contributed by atoms with Gasteiger partial charge in [0.15, 0.2) is 0 Å². The number of rotatable bonds is 4. The number of fused-ring (bicyclic) bond motifs is 1. The Bertz CT molecular complexity index is 759. The van der Waals surface area contributed by atoms with Crippen LogP contribution in [0.25, 0.3) is 10.8 Å². The first-order valence-corrected chi connectivity index (χ1v) is 8.24. The third-order valence-corrected chi connectivity index (χ3v) is 4.61. The summed E-state index contributed by atoms with van der Waals surface area (Å²) in [5.74, 6) is -0.254. The second kappa shape index (κ2) is 7.01. The second-order valence-corrected chi connectivity index (χ2v) is 6.47. The zero-order valence-electron chi connectivity index (χ0n) is 14.1. The number of nitrogens with zero attached hydrogens (tertiary/aromatic N) is 1. The molecule has 2 amide bonds. The van der Waals surface area contributed by atoms with Crippen LogP contribution in [0.4, 0.5) is 0 Å². The van der Waals surface area contributed by atoms with Crippen molar-refractivity contribution in [1.29, 1.82) is 0 Å². The van der Waals surface area contributed by atoms with Crippen LogP contribution < -0.4 is 10.6 Å². The molecule has 126 valence electrons. The lowest BCUT2D eigenvalue weighted by molar-refractivity contribution is -0.125. The molecule has 1 fully saturated rings. The molecule has 5 nitrogen and oxygen atoms in total. The number of hydrogen-bond donors (Lipinski definition) is 2. The summed E-state index contributed by atoms with van der Waals surface area (Å²) in [6.07, 6.45) is 0.325. The monoisotopic (exact) mass is 325 g/mol. The van der Waals surface area contributed by atoms with Gasteiger partial charge in [-0.2, -0.15) is 0 Å². The Morgan fingerprint density at radius 2 is 1.88 bits per heavy atom. The molecule has 0 aromatic heterocycles. The standard InChI is InChI=1S/C19H23N3O2/c1-20-19(24)16-11-22(2)12-17(16)21-18(23)10-13-7-8-14-5-3-4-6-15(14)9-13/h3-9,16-17H,10-12H2,1-2H3,(H,20,24)(H,21,23)/t16-,17+/m1/s1. The van der Waals surface area contributed by atoms with Crippen molar-refractivity contribution < 1.29 is 9.59 Å². The third kappa shape index (κ3) is 3.57. The molecule has 0 radical (unpaired) electrons. The van der Waals surface area contributed by atoms with Crippen molar-refractivity contribution in [3.8, 4) is 0 Å². The quantitative estimate of drug-likeness (QED) is 0.887. The Morgan fingerprint density at radius 3 is 2.62 bits per heavy atom. The lowest BCUT2D eigenvalue weighted by Gasteiger charge is -2.18. The van der Waals surface area contributed by atoms with Crippen molar-refractivity contribution in [2.45, 2.75) is 12.5 Å². The van der Waals surface area contributed by atoms with Crippen LogP contribution in [0.15, 0.2) is 42.5 Å². The van der Waals surface area contributed by atoms with Gasteiger partial charge >= 0.3 is 0 Å². The highest BCUT2D eigenvalue weighted by molar-refractivity contribution is 5.86. The van der Waals surface area contributed by atoms with Crippen LogP contribution in [0.2, 0.25) is 0 Å². The molecule has 2 atom stereocenters. The molecule has 2 aromatic rings. The smallest absolute Gasteiger partial charge is 0.226 e. The predicted octanol–water partition coefficient (Wildman–Crippen LogP) is 1.17. The Kier molecular flexibility index (Phi) is 4.81. The number of carbonyl (C=O) groups is 2.